The van der Waals surface area contributed by atoms with E-state index in [1.54, 1.807) is 11.3 Å². The molecule has 2 heteroatoms. The van der Waals surface area contributed by atoms with Gasteiger partial charge in [-0.15, -0.1) is 5.38 Å². The summed E-state index contributed by atoms with van der Waals surface area (Å²) in [4.78, 5) is 0. The normalized spacial score (nSPS) is 7.57. The number of hydrogen-bond donors (Lipinski definition) is 0. The molecule has 0 N–H and O–H groups in total. The van der Waals surface area contributed by atoms with Gasteiger partial charge in [0.2, 0.25) is 0 Å². The van der Waals surface area contributed by atoms with E-state index in [0.717, 1.165) is 0 Å². The van der Waals surface area contributed by atoms with Crippen LogP contribution in [0, 0.1) is 12.3 Å². The molecule has 1 heterocycles. The largest absolute Gasteiger partial charge is 0.304 e. The van der Waals surface area contributed by atoms with Gasteiger partial charge < -0.3 is 11.3 Å². The number of rotatable bonds is 0. The first-order valence-electron chi connectivity index (χ1n) is 1.81. The third-order valence-electron chi connectivity index (χ3n) is 0.599. The summed E-state index contributed by atoms with van der Waals surface area (Å²) in [6, 6.07) is 1.98. The van der Waals surface area contributed by atoms with Gasteiger partial charge in [0.25, 0.3) is 0 Å². The first-order chi connectivity index (χ1) is 2.89. The molecule has 7 heavy (non-hydrogen) atoms. The topological polar surface area (TPSA) is 0 Å². The van der Waals surface area contributed by atoms with Crippen LogP contribution in [0.1, 0.15) is 5.56 Å². The van der Waals surface area contributed by atoms with Gasteiger partial charge in [0.15, 0.2) is 0 Å². The monoisotopic (exact) mass is 161 g/mol. The van der Waals surface area contributed by atoms with Gasteiger partial charge in [0.1, 0.15) is 0 Å². The van der Waals surface area contributed by atoms with Crippen LogP contribution in [0.2, 0.25) is 0 Å². The van der Waals surface area contributed by atoms with Crippen molar-refractivity contribution in [1.82, 2.24) is 0 Å². The van der Waals surface area contributed by atoms with E-state index in [2.05, 4.69) is 17.7 Å². The summed E-state index contributed by atoms with van der Waals surface area (Å²) in [5, 5.41) is 5.04. The van der Waals surface area contributed by atoms with Crippen LogP contribution in [0.4, 0.5) is 0 Å². The second-order valence-electron chi connectivity index (χ2n) is 1.24. The summed E-state index contributed by atoms with van der Waals surface area (Å²) in [6.45, 7) is 2.06. The van der Waals surface area contributed by atoms with E-state index in [4.69, 9.17) is 0 Å². The van der Waals surface area contributed by atoms with Crippen molar-refractivity contribution in [2.45, 2.75) is 6.92 Å². The molecule has 1 aromatic heterocycles. The minimum absolute atomic E-state index is 0. The summed E-state index contributed by atoms with van der Waals surface area (Å²) in [5.41, 5.74) is 1.31. The predicted molar refractivity (Wildman–Crippen MR) is 27.9 cm³/mol. The Morgan fingerprint density at radius 2 is 2.43 bits per heavy atom. The molecule has 0 amide bonds. The molecule has 0 aromatic carbocycles. The minimum Gasteiger partial charge on any atom is -0.304 e. The molecule has 34 valence electrons. The fourth-order valence-electron chi connectivity index (χ4n) is 0.288. The SMILES string of the molecule is Cc1c[c-]sc1.[Zn]. The fourth-order valence-corrected chi connectivity index (χ4v) is 0.864. The molecule has 0 bridgehead atoms. The Bertz CT molecular complexity index is 112. The van der Waals surface area contributed by atoms with Gasteiger partial charge in [-0.2, -0.15) is 17.0 Å². The van der Waals surface area contributed by atoms with Crippen LogP contribution in [0.25, 0.3) is 0 Å². The first-order valence-corrected chi connectivity index (χ1v) is 2.69. The van der Waals surface area contributed by atoms with E-state index in [0.29, 0.717) is 0 Å². The van der Waals surface area contributed by atoms with E-state index in [-0.39, 0.29) is 19.5 Å². The van der Waals surface area contributed by atoms with Crippen LogP contribution in [0.3, 0.4) is 0 Å². The molecule has 1 aromatic rings. The number of hydrogen-bond acceptors (Lipinski definition) is 1. The van der Waals surface area contributed by atoms with Crippen molar-refractivity contribution in [2.24, 2.45) is 0 Å². The van der Waals surface area contributed by atoms with Crippen molar-refractivity contribution >= 4 is 11.3 Å². The van der Waals surface area contributed by atoms with E-state index < -0.39 is 0 Å². The number of thiophene rings is 1. The second-order valence-corrected chi connectivity index (χ2v) is 1.95. The zero-order valence-electron chi connectivity index (χ0n) is 4.27. The summed E-state index contributed by atoms with van der Waals surface area (Å²) in [5.74, 6) is 0. The average Bonchev–Trinajstić information content (AvgIpc) is 1.86. The fraction of sp³-hybridized carbons (Fsp3) is 0.200. The Hall–Kier alpha value is 0.323. The summed E-state index contributed by atoms with van der Waals surface area (Å²) >= 11 is 1.61. The molecule has 0 aliphatic carbocycles. The van der Waals surface area contributed by atoms with Gasteiger partial charge in [-0.05, 0) is 0 Å². The van der Waals surface area contributed by atoms with Crippen LogP contribution in [0.15, 0.2) is 11.4 Å². The quantitative estimate of drug-likeness (QED) is 0.404. The molecule has 0 atom stereocenters. The molecular formula is C5H5SZn-. The van der Waals surface area contributed by atoms with Gasteiger partial charge in [-0.1, -0.05) is 6.92 Å². The van der Waals surface area contributed by atoms with Gasteiger partial charge in [-0.3, -0.25) is 0 Å². The molecule has 0 unspecified atom stereocenters. The molecule has 0 nitrogen and oxygen atoms in total. The standard InChI is InChI=1S/C5H5S.Zn/c1-5-2-3-6-4-5;/h2,4H,1H3;/q-1;. The van der Waals surface area contributed by atoms with E-state index >= 15 is 0 Å². The average molecular weight is 163 g/mol. The van der Waals surface area contributed by atoms with Gasteiger partial charge in [0, 0.05) is 19.5 Å². The van der Waals surface area contributed by atoms with Crippen molar-refractivity contribution in [3.8, 4) is 0 Å². The predicted octanol–water partition coefficient (Wildman–Crippen LogP) is 1.85. The third kappa shape index (κ3) is 2.20. The van der Waals surface area contributed by atoms with Crippen LogP contribution in [-0.4, -0.2) is 0 Å². The van der Waals surface area contributed by atoms with Gasteiger partial charge in [-0.25, -0.2) is 0 Å². The van der Waals surface area contributed by atoms with E-state index in [1.165, 1.54) is 5.56 Å². The molecule has 0 spiro atoms. The van der Waals surface area contributed by atoms with Crippen LogP contribution >= 0.6 is 11.3 Å². The van der Waals surface area contributed by atoms with Crippen molar-refractivity contribution in [2.75, 3.05) is 0 Å². The molecule has 0 saturated carbocycles. The Kier molecular flexibility index (Phi) is 3.50. The maximum atomic E-state index is 2.97. The summed E-state index contributed by atoms with van der Waals surface area (Å²) in [6.07, 6.45) is 0. The maximum Gasteiger partial charge on any atom is 0 e. The number of aryl methyl sites for hydroxylation is 1. The summed E-state index contributed by atoms with van der Waals surface area (Å²) in [7, 11) is 0. The Labute approximate surface area is 60.3 Å². The molecule has 0 fully saturated rings. The molecule has 0 radical (unpaired) electrons. The van der Waals surface area contributed by atoms with E-state index in [9.17, 15) is 0 Å². The smallest absolute Gasteiger partial charge is 0 e. The molecule has 0 aliphatic rings. The van der Waals surface area contributed by atoms with Crippen LogP contribution < -0.4 is 0 Å². The van der Waals surface area contributed by atoms with Crippen molar-refractivity contribution in [3.05, 3.63) is 22.4 Å². The molecular weight excluding hydrogens is 158 g/mol. The molecule has 1 rings (SSSR count). The Morgan fingerprint density at radius 3 is 2.57 bits per heavy atom. The van der Waals surface area contributed by atoms with Gasteiger partial charge in [0.05, 0.1) is 0 Å². The zero-order valence-corrected chi connectivity index (χ0v) is 8.05. The third-order valence-corrected chi connectivity index (χ3v) is 1.34. The van der Waals surface area contributed by atoms with Crippen LogP contribution in [0.5, 0.6) is 0 Å². The first kappa shape index (κ1) is 7.32. The minimum atomic E-state index is 0. The molecule has 0 aliphatic heterocycles. The van der Waals surface area contributed by atoms with E-state index in [1.807, 2.05) is 6.07 Å². The van der Waals surface area contributed by atoms with Crippen LogP contribution in [-0.2, 0) is 19.5 Å². The zero-order chi connectivity index (χ0) is 4.41. The summed E-state index contributed by atoms with van der Waals surface area (Å²) < 4.78 is 0. The van der Waals surface area contributed by atoms with Crippen molar-refractivity contribution < 1.29 is 19.5 Å². The van der Waals surface area contributed by atoms with Crippen molar-refractivity contribution in [3.63, 3.8) is 0 Å². The Balaban J connectivity index is 0.000000360. The molecule has 0 saturated heterocycles. The second kappa shape index (κ2) is 3.34. The maximum absolute atomic E-state index is 2.97. The Morgan fingerprint density at radius 1 is 1.71 bits per heavy atom. The van der Waals surface area contributed by atoms with Gasteiger partial charge >= 0.3 is 0 Å². The van der Waals surface area contributed by atoms with Crippen molar-refractivity contribution in [1.29, 1.82) is 0 Å².